The van der Waals surface area contributed by atoms with E-state index in [0.717, 1.165) is 6.42 Å². The van der Waals surface area contributed by atoms with Crippen LogP contribution in [-0.2, 0) is 0 Å². The first-order valence-electron chi connectivity index (χ1n) is 10.6. The molecule has 0 atom stereocenters. The van der Waals surface area contributed by atoms with Gasteiger partial charge in [0.2, 0.25) is 0 Å². The molecule has 0 amide bonds. The second-order valence-corrected chi connectivity index (χ2v) is 12.0. The van der Waals surface area contributed by atoms with E-state index < -0.39 is 15.8 Å². The first kappa shape index (κ1) is 20.1. The van der Waals surface area contributed by atoms with Crippen LogP contribution in [0.15, 0.2) is 144 Å². The van der Waals surface area contributed by atoms with E-state index in [1.807, 2.05) is 0 Å². The van der Waals surface area contributed by atoms with Crippen molar-refractivity contribution in [1.82, 2.24) is 0 Å². The van der Waals surface area contributed by atoms with E-state index in [1.54, 1.807) is 5.31 Å². The van der Waals surface area contributed by atoms with Gasteiger partial charge in [-0.3, -0.25) is 0 Å². The smallest absolute Gasteiger partial charge is 0.00768 e. The maximum absolute atomic E-state index is 2.51. The summed E-state index contributed by atoms with van der Waals surface area (Å²) in [5.41, 5.74) is 0. The first-order valence-corrected chi connectivity index (χ1v) is 13.3. The van der Waals surface area contributed by atoms with E-state index in [9.17, 15) is 0 Å². The molecule has 4 aromatic rings. The standard InChI is InChI=1S/C29H24P2/c1-5-13-24(14-6-1)30(25-15-7-2-8-16-25)28-21-22-29(23-28)31(26-17-9-3-10-18-26)27-19-11-4-12-20-27/h1-21,23H,22H2. The third-order valence-corrected chi connectivity index (χ3v) is 10.4. The molecule has 150 valence electrons. The van der Waals surface area contributed by atoms with Gasteiger partial charge in [0, 0.05) is 0 Å². The second kappa shape index (κ2) is 9.57. The fraction of sp³-hybridized carbons (Fsp3) is 0.0345. The molecule has 0 N–H and O–H groups in total. The van der Waals surface area contributed by atoms with Crippen LogP contribution in [0.4, 0.5) is 0 Å². The van der Waals surface area contributed by atoms with Gasteiger partial charge in [-0.05, 0) is 60.2 Å². The highest BCUT2D eigenvalue weighted by molar-refractivity contribution is 7.78. The molecule has 0 saturated heterocycles. The van der Waals surface area contributed by atoms with Gasteiger partial charge in [0.05, 0.1) is 0 Å². The summed E-state index contributed by atoms with van der Waals surface area (Å²) in [7, 11) is -1.07. The summed E-state index contributed by atoms with van der Waals surface area (Å²) in [5.74, 6) is 0. The molecule has 0 heterocycles. The Hall–Kier alpha value is -2.78. The SMILES string of the molecule is C1=C(P(c2ccccc2)c2ccccc2)C=C(P(c2ccccc2)c2ccccc2)C1. The average molecular weight is 434 g/mol. The van der Waals surface area contributed by atoms with Crippen LogP contribution >= 0.6 is 15.8 Å². The summed E-state index contributed by atoms with van der Waals surface area (Å²) in [6, 6.07) is 44.0. The lowest BCUT2D eigenvalue weighted by molar-refractivity contribution is 1.40. The quantitative estimate of drug-likeness (QED) is 0.307. The van der Waals surface area contributed by atoms with Gasteiger partial charge < -0.3 is 0 Å². The lowest BCUT2D eigenvalue weighted by Crippen LogP contribution is -2.13. The Bertz CT molecular complexity index is 1100. The van der Waals surface area contributed by atoms with Crippen molar-refractivity contribution >= 4 is 37.1 Å². The molecule has 0 unspecified atom stereocenters. The fourth-order valence-corrected chi connectivity index (χ4v) is 8.99. The normalized spacial score (nSPS) is 13.4. The Morgan fingerprint density at radius 3 is 1.16 bits per heavy atom. The molecule has 4 aromatic carbocycles. The summed E-state index contributed by atoms with van der Waals surface area (Å²) < 4.78 is 0. The molecular formula is C29H24P2. The van der Waals surface area contributed by atoms with Gasteiger partial charge in [0.1, 0.15) is 0 Å². The minimum atomic E-state index is -0.546. The molecular weight excluding hydrogens is 410 g/mol. The minimum absolute atomic E-state index is 0.522. The molecule has 0 spiro atoms. The Balaban J connectivity index is 1.57. The lowest BCUT2D eigenvalue weighted by Gasteiger charge is -2.21. The van der Waals surface area contributed by atoms with Gasteiger partial charge >= 0.3 is 0 Å². The Morgan fingerprint density at radius 1 is 0.419 bits per heavy atom. The molecule has 2 heteroatoms. The van der Waals surface area contributed by atoms with Crippen molar-refractivity contribution in [3.8, 4) is 0 Å². The van der Waals surface area contributed by atoms with E-state index in [1.165, 1.54) is 26.5 Å². The van der Waals surface area contributed by atoms with Crippen LogP contribution in [0.1, 0.15) is 6.42 Å². The van der Waals surface area contributed by atoms with E-state index in [2.05, 4.69) is 133 Å². The minimum Gasteiger partial charge on any atom is -0.0717 e. The highest BCUT2D eigenvalue weighted by Gasteiger charge is 2.25. The van der Waals surface area contributed by atoms with Gasteiger partial charge in [0.15, 0.2) is 0 Å². The van der Waals surface area contributed by atoms with E-state index in [-0.39, 0.29) is 0 Å². The van der Waals surface area contributed by atoms with Crippen LogP contribution in [-0.4, -0.2) is 0 Å². The zero-order valence-electron chi connectivity index (χ0n) is 17.3. The van der Waals surface area contributed by atoms with Crippen molar-refractivity contribution in [3.63, 3.8) is 0 Å². The molecule has 1 aliphatic carbocycles. The molecule has 0 radical (unpaired) electrons. The van der Waals surface area contributed by atoms with Crippen LogP contribution in [0.3, 0.4) is 0 Å². The van der Waals surface area contributed by atoms with E-state index in [4.69, 9.17) is 0 Å². The maximum Gasteiger partial charge on any atom is -0.00768 e. The van der Waals surface area contributed by atoms with Crippen LogP contribution < -0.4 is 21.2 Å². The lowest BCUT2D eigenvalue weighted by atomic mass is 10.4. The molecule has 0 aromatic heterocycles. The zero-order valence-corrected chi connectivity index (χ0v) is 19.1. The van der Waals surface area contributed by atoms with Crippen LogP contribution in [0.5, 0.6) is 0 Å². The third kappa shape index (κ3) is 4.47. The fourth-order valence-electron chi connectivity index (χ4n) is 4.05. The largest absolute Gasteiger partial charge is 0.0717 e. The summed E-state index contributed by atoms with van der Waals surface area (Å²) in [6.07, 6.45) is 6.02. The van der Waals surface area contributed by atoms with Crippen molar-refractivity contribution in [2.75, 3.05) is 0 Å². The molecule has 0 nitrogen and oxygen atoms in total. The average Bonchev–Trinajstić information content (AvgIpc) is 3.31. The van der Waals surface area contributed by atoms with Gasteiger partial charge in [-0.2, -0.15) is 0 Å². The highest BCUT2D eigenvalue weighted by atomic mass is 31.1. The number of rotatable bonds is 6. The van der Waals surface area contributed by atoms with Crippen molar-refractivity contribution in [3.05, 3.63) is 144 Å². The van der Waals surface area contributed by atoms with Gasteiger partial charge in [-0.1, -0.05) is 127 Å². The van der Waals surface area contributed by atoms with Gasteiger partial charge in [0.25, 0.3) is 0 Å². The van der Waals surface area contributed by atoms with Crippen molar-refractivity contribution in [2.24, 2.45) is 0 Å². The predicted molar refractivity (Wildman–Crippen MR) is 139 cm³/mol. The predicted octanol–water partition coefficient (Wildman–Crippen LogP) is 6.42. The third-order valence-electron chi connectivity index (χ3n) is 5.44. The molecule has 0 aliphatic heterocycles. The first-order chi connectivity index (χ1) is 15.4. The molecule has 0 saturated carbocycles. The van der Waals surface area contributed by atoms with Crippen LogP contribution in [0.25, 0.3) is 0 Å². The summed E-state index contributed by atoms with van der Waals surface area (Å²) >= 11 is 0. The molecule has 5 rings (SSSR count). The number of hydrogen-bond acceptors (Lipinski definition) is 0. The molecule has 31 heavy (non-hydrogen) atoms. The zero-order chi connectivity index (χ0) is 20.9. The number of hydrogen-bond donors (Lipinski definition) is 0. The monoisotopic (exact) mass is 434 g/mol. The topological polar surface area (TPSA) is 0 Å². The molecule has 0 fully saturated rings. The molecule has 1 aliphatic rings. The van der Waals surface area contributed by atoms with Gasteiger partial charge in [-0.15, -0.1) is 0 Å². The van der Waals surface area contributed by atoms with Crippen LogP contribution in [0.2, 0.25) is 0 Å². The summed E-state index contributed by atoms with van der Waals surface area (Å²) in [6.45, 7) is 0. The number of benzene rings is 4. The van der Waals surface area contributed by atoms with Crippen molar-refractivity contribution in [1.29, 1.82) is 0 Å². The Labute approximate surface area is 187 Å². The van der Waals surface area contributed by atoms with Crippen molar-refractivity contribution in [2.45, 2.75) is 6.42 Å². The summed E-state index contributed by atoms with van der Waals surface area (Å²) in [4.78, 5) is 0. The maximum atomic E-state index is 2.51. The van der Waals surface area contributed by atoms with E-state index >= 15 is 0 Å². The Kier molecular flexibility index (Phi) is 6.22. The van der Waals surface area contributed by atoms with Gasteiger partial charge in [-0.25, -0.2) is 0 Å². The molecule has 0 bridgehead atoms. The number of allylic oxidation sites excluding steroid dienone is 4. The second-order valence-electron chi connectivity index (χ2n) is 7.48. The van der Waals surface area contributed by atoms with Crippen LogP contribution in [0, 0.1) is 0 Å². The highest BCUT2D eigenvalue weighted by Crippen LogP contribution is 2.53. The Morgan fingerprint density at radius 2 is 0.774 bits per heavy atom. The summed E-state index contributed by atoms with van der Waals surface area (Å²) in [5, 5.41) is 8.69. The van der Waals surface area contributed by atoms with E-state index in [0.29, 0.717) is 0 Å². The van der Waals surface area contributed by atoms with Crippen molar-refractivity contribution < 1.29 is 0 Å².